The Hall–Kier alpha value is -1.71. The molecule has 0 aliphatic rings. The summed E-state index contributed by atoms with van der Waals surface area (Å²) in [6.07, 6.45) is 1.81. The summed E-state index contributed by atoms with van der Waals surface area (Å²) < 4.78 is 11.2. The Balaban J connectivity index is 2.21. The Bertz CT molecular complexity index is 631. The van der Waals surface area contributed by atoms with E-state index in [9.17, 15) is 0 Å². The van der Waals surface area contributed by atoms with Gasteiger partial charge in [-0.25, -0.2) is 0 Å². The number of ether oxygens (including phenoxy) is 2. The zero-order valence-electron chi connectivity index (χ0n) is 13.7. The van der Waals surface area contributed by atoms with Crippen molar-refractivity contribution < 1.29 is 9.47 Å². The first-order valence-corrected chi connectivity index (χ1v) is 8.31. The molecule has 0 amide bonds. The van der Waals surface area contributed by atoms with Crippen LogP contribution in [0.4, 0.5) is 0 Å². The summed E-state index contributed by atoms with van der Waals surface area (Å²) in [7, 11) is 1.67. The molecule has 0 saturated heterocycles. The standard InChI is InChI=1S/C19H24ClNO2/c1-3-9-23-17-6-4-5-14(11-17)10-15(13-21)18-12-16(20)7-8-19(18)22-2/h4-8,11-12,15H,3,9-10,13,21H2,1-2H3. The zero-order chi connectivity index (χ0) is 16.7. The third kappa shape index (κ3) is 4.88. The maximum Gasteiger partial charge on any atom is 0.122 e. The summed E-state index contributed by atoms with van der Waals surface area (Å²) in [5.41, 5.74) is 8.25. The fraction of sp³-hybridized carbons (Fsp3) is 0.368. The topological polar surface area (TPSA) is 44.5 Å². The molecule has 0 bridgehead atoms. The van der Waals surface area contributed by atoms with E-state index in [-0.39, 0.29) is 5.92 Å². The zero-order valence-corrected chi connectivity index (χ0v) is 14.5. The highest BCUT2D eigenvalue weighted by molar-refractivity contribution is 6.30. The SMILES string of the molecule is CCCOc1cccc(CC(CN)c2cc(Cl)ccc2OC)c1. The number of rotatable bonds is 8. The molecule has 2 rings (SSSR count). The average Bonchev–Trinajstić information content (AvgIpc) is 2.58. The molecule has 124 valence electrons. The van der Waals surface area contributed by atoms with Crippen LogP contribution >= 0.6 is 11.6 Å². The molecule has 2 aromatic rings. The summed E-state index contributed by atoms with van der Waals surface area (Å²) in [5, 5.41) is 0.694. The molecule has 23 heavy (non-hydrogen) atoms. The van der Waals surface area contributed by atoms with Crippen molar-refractivity contribution in [1.82, 2.24) is 0 Å². The van der Waals surface area contributed by atoms with Gasteiger partial charge in [0, 0.05) is 16.5 Å². The van der Waals surface area contributed by atoms with Gasteiger partial charge in [0.15, 0.2) is 0 Å². The summed E-state index contributed by atoms with van der Waals surface area (Å²) in [5.74, 6) is 1.87. The lowest BCUT2D eigenvalue weighted by Crippen LogP contribution is -2.16. The van der Waals surface area contributed by atoms with E-state index in [0.717, 1.165) is 36.5 Å². The summed E-state index contributed by atoms with van der Waals surface area (Å²) in [4.78, 5) is 0. The van der Waals surface area contributed by atoms with Crippen molar-refractivity contribution in [2.24, 2.45) is 5.73 Å². The quantitative estimate of drug-likeness (QED) is 0.777. The van der Waals surface area contributed by atoms with Crippen LogP contribution in [0.1, 0.15) is 30.4 Å². The van der Waals surface area contributed by atoms with Crippen molar-refractivity contribution in [3.63, 3.8) is 0 Å². The van der Waals surface area contributed by atoms with E-state index in [1.165, 1.54) is 5.56 Å². The number of methoxy groups -OCH3 is 1. The van der Waals surface area contributed by atoms with E-state index in [4.69, 9.17) is 26.8 Å². The van der Waals surface area contributed by atoms with Crippen molar-refractivity contribution in [3.05, 3.63) is 58.6 Å². The highest BCUT2D eigenvalue weighted by atomic mass is 35.5. The Morgan fingerprint density at radius 1 is 1.17 bits per heavy atom. The van der Waals surface area contributed by atoms with Crippen molar-refractivity contribution in [2.75, 3.05) is 20.3 Å². The molecule has 0 radical (unpaired) electrons. The number of benzene rings is 2. The van der Waals surface area contributed by atoms with Crippen LogP contribution in [0.5, 0.6) is 11.5 Å². The van der Waals surface area contributed by atoms with Crippen LogP contribution in [0.25, 0.3) is 0 Å². The fourth-order valence-electron chi connectivity index (χ4n) is 2.61. The number of nitrogens with two attached hydrogens (primary N) is 1. The molecule has 1 unspecified atom stereocenters. The van der Waals surface area contributed by atoms with Gasteiger partial charge in [-0.05, 0) is 55.3 Å². The summed E-state index contributed by atoms with van der Waals surface area (Å²) in [6.45, 7) is 3.35. The molecular formula is C19H24ClNO2. The third-order valence-corrected chi connectivity index (χ3v) is 4.00. The second kappa shape index (κ2) is 8.80. The Kier molecular flexibility index (Phi) is 6.75. The van der Waals surface area contributed by atoms with Crippen LogP contribution in [-0.2, 0) is 6.42 Å². The van der Waals surface area contributed by atoms with Crippen LogP contribution < -0.4 is 15.2 Å². The molecule has 0 fully saturated rings. The molecule has 0 saturated carbocycles. The molecule has 2 aromatic carbocycles. The predicted molar refractivity (Wildman–Crippen MR) is 95.7 cm³/mol. The van der Waals surface area contributed by atoms with Gasteiger partial charge in [0.05, 0.1) is 13.7 Å². The Morgan fingerprint density at radius 3 is 2.70 bits per heavy atom. The van der Waals surface area contributed by atoms with Crippen molar-refractivity contribution in [2.45, 2.75) is 25.7 Å². The van der Waals surface area contributed by atoms with Crippen LogP contribution in [0, 0.1) is 0 Å². The largest absolute Gasteiger partial charge is 0.496 e. The van der Waals surface area contributed by atoms with Gasteiger partial charge in [0.25, 0.3) is 0 Å². The van der Waals surface area contributed by atoms with Gasteiger partial charge in [-0.3, -0.25) is 0 Å². The van der Waals surface area contributed by atoms with Crippen LogP contribution in [0.2, 0.25) is 5.02 Å². The Morgan fingerprint density at radius 2 is 2.00 bits per heavy atom. The first kappa shape index (κ1) is 17.6. The van der Waals surface area contributed by atoms with Crippen LogP contribution in [0.3, 0.4) is 0 Å². The van der Waals surface area contributed by atoms with Gasteiger partial charge < -0.3 is 15.2 Å². The van der Waals surface area contributed by atoms with Gasteiger partial charge in [0.2, 0.25) is 0 Å². The van der Waals surface area contributed by atoms with E-state index in [0.29, 0.717) is 11.6 Å². The molecule has 0 aliphatic heterocycles. The molecule has 1 atom stereocenters. The van der Waals surface area contributed by atoms with Crippen molar-refractivity contribution in [1.29, 1.82) is 0 Å². The van der Waals surface area contributed by atoms with Crippen molar-refractivity contribution in [3.8, 4) is 11.5 Å². The van der Waals surface area contributed by atoms with Crippen LogP contribution in [0.15, 0.2) is 42.5 Å². The molecule has 0 aliphatic carbocycles. The van der Waals surface area contributed by atoms with Crippen LogP contribution in [-0.4, -0.2) is 20.3 Å². The van der Waals surface area contributed by atoms with E-state index in [2.05, 4.69) is 19.1 Å². The average molecular weight is 334 g/mol. The first-order chi connectivity index (χ1) is 11.2. The summed E-state index contributed by atoms with van der Waals surface area (Å²) >= 11 is 6.14. The normalized spacial score (nSPS) is 12.0. The number of halogens is 1. The van der Waals surface area contributed by atoms with E-state index >= 15 is 0 Å². The monoisotopic (exact) mass is 333 g/mol. The molecular weight excluding hydrogens is 310 g/mol. The van der Waals surface area contributed by atoms with E-state index in [1.54, 1.807) is 7.11 Å². The minimum absolute atomic E-state index is 0.144. The summed E-state index contributed by atoms with van der Waals surface area (Å²) in [6, 6.07) is 13.8. The van der Waals surface area contributed by atoms with Gasteiger partial charge >= 0.3 is 0 Å². The molecule has 4 heteroatoms. The second-order valence-corrected chi connectivity index (χ2v) is 5.96. The lowest BCUT2D eigenvalue weighted by atomic mass is 9.91. The van der Waals surface area contributed by atoms with Gasteiger partial charge in [-0.2, -0.15) is 0 Å². The Labute approximate surface area is 143 Å². The van der Waals surface area contributed by atoms with Crippen molar-refractivity contribution >= 4 is 11.6 Å². The lowest BCUT2D eigenvalue weighted by Gasteiger charge is -2.19. The minimum atomic E-state index is 0.144. The number of hydrogen-bond acceptors (Lipinski definition) is 3. The number of hydrogen-bond donors (Lipinski definition) is 1. The van der Waals surface area contributed by atoms with E-state index in [1.807, 2.05) is 30.3 Å². The van der Waals surface area contributed by atoms with Gasteiger partial charge in [0.1, 0.15) is 11.5 Å². The highest BCUT2D eigenvalue weighted by Crippen LogP contribution is 2.31. The van der Waals surface area contributed by atoms with Gasteiger partial charge in [-0.1, -0.05) is 30.7 Å². The third-order valence-electron chi connectivity index (χ3n) is 3.77. The minimum Gasteiger partial charge on any atom is -0.496 e. The van der Waals surface area contributed by atoms with Gasteiger partial charge in [-0.15, -0.1) is 0 Å². The molecule has 3 nitrogen and oxygen atoms in total. The molecule has 0 heterocycles. The molecule has 2 N–H and O–H groups in total. The molecule has 0 aromatic heterocycles. The smallest absolute Gasteiger partial charge is 0.122 e. The van der Waals surface area contributed by atoms with E-state index < -0.39 is 0 Å². The lowest BCUT2D eigenvalue weighted by molar-refractivity contribution is 0.317. The second-order valence-electron chi connectivity index (χ2n) is 5.52. The molecule has 0 spiro atoms. The maximum absolute atomic E-state index is 6.14. The maximum atomic E-state index is 6.14. The fourth-order valence-corrected chi connectivity index (χ4v) is 2.79. The first-order valence-electron chi connectivity index (χ1n) is 7.93. The predicted octanol–water partition coefficient (Wildman–Crippen LogP) is 4.42. The highest BCUT2D eigenvalue weighted by Gasteiger charge is 2.16.